The number of halogens is 6. The number of carbonyl (C=O) groups excluding carboxylic acids is 1. The maximum absolute atomic E-state index is 14.3. The number of fused-ring (bicyclic) bond motifs is 1. The van der Waals surface area contributed by atoms with Crippen LogP contribution in [-0.2, 0) is 6.54 Å². The van der Waals surface area contributed by atoms with Crippen LogP contribution in [0.4, 0.5) is 22.0 Å². The van der Waals surface area contributed by atoms with Gasteiger partial charge in [-0.2, -0.15) is 5.10 Å². The molecule has 0 saturated carbocycles. The van der Waals surface area contributed by atoms with E-state index in [0.717, 1.165) is 18.2 Å². The van der Waals surface area contributed by atoms with Gasteiger partial charge < -0.3 is 10.1 Å². The molecule has 0 saturated heterocycles. The molecule has 12 heteroatoms. The Bertz CT molecular complexity index is 1490. The summed E-state index contributed by atoms with van der Waals surface area (Å²) in [5.41, 5.74) is 1.96. The average Bonchev–Trinajstić information content (AvgIpc) is 3.38. The van der Waals surface area contributed by atoms with E-state index in [-0.39, 0.29) is 40.1 Å². The lowest BCUT2D eigenvalue weighted by Crippen LogP contribution is -2.17. The van der Waals surface area contributed by atoms with Gasteiger partial charge in [-0.05, 0) is 42.5 Å². The molecular weight excluding hydrogens is 495 g/mol. The maximum Gasteiger partial charge on any atom is 0.573 e. The summed E-state index contributed by atoms with van der Waals surface area (Å²) in [6.07, 6.45) is -3.61. The minimum Gasteiger partial charge on any atom is -0.406 e. The molecule has 1 amide bonds. The number of ether oxygens (including phenoxy) is 1. The predicted molar refractivity (Wildman–Crippen MR) is 115 cm³/mol. The molecule has 178 valence electrons. The largest absolute Gasteiger partial charge is 0.573 e. The summed E-state index contributed by atoms with van der Waals surface area (Å²) in [6, 6.07) is 9.30. The van der Waals surface area contributed by atoms with Gasteiger partial charge in [0.15, 0.2) is 0 Å². The zero-order valence-electron chi connectivity index (χ0n) is 17.3. The van der Waals surface area contributed by atoms with Gasteiger partial charge in [0.05, 0.1) is 22.1 Å². The number of amides is 1. The normalized spacial score (nSPS) is 13.0. The number of aromatic nitrogens is 3. The molecule has 35 heavy (non-hydrogen) atoms. The van der Waals surface area contributed by atoms with Crippen molar-refractivity contribution in [3.05, 3.63) is 82.5 Å². The van der Waals surface area contributed by atoms with Crippen molar-refractivity contribution in [2.75, 3.05) is 0 Å². The quantitative estimate of drug-likeness (QED) is 0.362. The number of pyridine rings is 1. The summed E-state index contributed by atoms with van der Waals surface area (Å²) in [5, 5.41) is 6.94. The Balaban J connectivity index is 1.71. The molecule has 1 N–H and O–H groups in total. The van der Waals surface area contributed by atoms with E-state index < -0.39 is 23.7 Å². The Labute approximate surface area is 198 Å². The van der Waals surface area contributed by atoms with E-state index in [1.807, 2.05) is 0 Å². The molecule has 2 aromatic carbocycles. The van der Waals surface area contributed by atoms with Crippen molar-refractivity contribution in [3.63, 3.8) is 0 Å². The number of carbonyl (C=O) groups is 1. The molecule has 0 unspecified atom stereocenters. The molecule has 0 fully saturated rings. The molecule has 1 aliphatic heterocycles. The highest BCUT2D eigenvalue weighted by Gasteiger charge is 2.32. The van der Waals surface area contributed by atoms with Gasteiger partial charge in [0.2, 0.25) is 0 Å². The molecule has 0 atom stereocenters. The number of hydrogen-bond acceptors (Lipinski definition) is 4. The van der Waals surface area contributed by atoms with E-state index in [0.29, 0.717) is 22.9 Å². The Kier molecular flexibility index (Phi) is 5.43. The number of nitrogens with one attached hydrogen (secondary N) is 1. The van der Waals surface area contributed by atoms with Crippen LogP contribution in [0, 0.1) is 11.6 Å². The first-order valence-electron chi connectivity index (χ1n) is 9.98. The summed E-state index contributed by atoms with van der Waals surface area (Å²) < 4.78 is 71.5. The van der Waals surface area contributed by atoms with Gasteiger partial charge in [0.1, 0.15) is 23.1 Å². The number of benzene rings is 2. The third-order valence-electron chi connectivity index (χ3n) is 5.23. The average molecular weight is 507 g/mol. The maximum atomic E-state index is 14.3. The SMILES string of the molecule is O=C1NCc2c1ccnc2-c1cc(-c2cc(F)cc(OC(F)(F)F)c2)n(-c2ccc(F)c(Cl)c2)n1. The fourth-order valence-corrected chi connectivity index (χ4v) is 3.96. The topological polar surface area (TPSA) is 69.0 Å². The molecule has 0 radical (unpaired) electrons. The second kappa shape index (κ2) is 8.35. The van der Waals surface area contributed by atoms with Gasteiger partial charge in [-0.3, -0.25) is 9.78 Å². The van der Waals surface area contributed by atoms with Crippen LogP contribution in [0.5, 0.6) is 5.75 Å². The van der Waals surface area contributed by atoms with E-state index in [9.17, 15) is 26.7 Å². The molecule has 5 rings (SSSR count). The van der Waals surface area contributed by atoms with E-state index in [1.54, 1.807) is 6.07 Å². The first-order chi connectivity index (χ1) is 16.6. The lowest BCUT2D eigenvalue weighted by Gasteiger charge is -2.12. The van der Waals surface area contributed by atoms with Gasteiger partial charge in [0.25, 0.3) is 5.91 Å². The minimum atomic E-state index is -5.03. The first kappa shape index (κ1) is 22.8. The second-order valence-corrected chi connectivity index (χ2v) is 7.92. The van der Waals surface area contributed by atoms with Gasteiger partial charge in [-0.1, -0.05) is 11.6 Å². The predicted octanol–water partition coefficient (Wildman–Crippen LogP) is 5.67. The molecule has 0 bridgehead atoms. The van der Waals surface area contributed by atoms with Crippen molar-refractivity contribution in [2.24, 2.45) is 0 Å². The Morgan fingerprint density at radius 3 is 2.60 bits per heavy atom. The van der Waals surface area contributed by atoms with E-state index in [2.05, 4.69) is 20.1 Å². The molecular formula is C23H12ClF5N4O2. The van der Waals surface area contributed by atoms with Gasteiger partial charge >= 0.3 is 6.36 Å². The van der Waals surface area contributed by atoms with Crippen molar-refractivity contribution in [1.82, 2.24) is 20.1 Å². The Hall–Kier alpha value is -3.99. The van der Waals surface area contributed by atoms with Crippen molar-refractivity contribution < 1.29 is 31.5 Å². The smallest absolute Gasteiger partial charge is 0.406 e. The van der Waals surface area contributed by atoms with Gasteiger partial charge in [0, 0.05) is 35.5 Å². The molecule has 0 aliphatic carbocycles. The van der Waals surface area contributed by atoms with Crippen molar-refractivity contribution in [3.8, 4) is 34.1 Å². The third kappa shape index (κ3) is 4.42. The standard InChI is InChI=1S/C23H12ClF5N4O2/c24-17-8-13(1-2-18(17)26)33-20(11-5-12(25)7-14(6-11)35-23(27,28)29)9-19(32-33)21-16-10-31-22(34)15(16)3-4-30-21/h1-9H,10H2,(H,31,34). The molecule has 3 heterocycles. The molecule has 2 aromatic heterocycles. The molecule has 1 aliphatic rings. The summed E-state index contributed by atoms with van der Waals surface area (Å²) in [6.45, 7) is 0.200. The highest BCUT2D eigenvalue weighted by molar-refractivity contribution is 6.30. The molecule has 4 aromatic rings. The van der Waals surface area contributed by atoms with Crippen molar-refractivity contribution in [1.29, 1.82) is 0 Å². The summed E-state index contributed by atoms with van der Waals surface area (Å²) >= 11 is 5.92. The lowest BCUT2D eigenvalue weighted by molar-refractivity contribution is -0.274. The van der Waals surface area contributed by atoms with Crippen LogP contribution in [0.3, 0.4) is 0 Å². The molecule has 0 spiro atoms. The monoisotopic (exact) mass is 506 g/mol. The van der Waals surface area contributed by atoms with Crippen LogP contribution < -0.4 is 10.1 Å². The number of nitrogens with zero attached hydrogens (tertiary/aromatic N) is 3. The summed E-state index contributed by atoms with van der Waals surface area (Å²) in [5.74, 6) is -2.73. The van der Waals surface area contributed by atoms with Crippen molar-refractivity contribution in [2.45, 2.75) is 12.9 Å². The minimum absolute atomic E-state index is 0.00905. The number of hydrogen-bond donors (Lipinski definition) is 1. The van der Waals surface area contributed by atoms with Gasteiger partial charge in [-0.25, -0.2) is 13.5 Å². The lowest BCUT2D eigenvalue weighted by atomic mass is 10.1. The van der Waals surface area contributed by atoms with Crippen LogP contribution in [0.15, 0.2) is 54.7 Å². The summed E-state index contributed by atoms with van der Waals surface area (Å²) in [7, 11) is 0. The number of rotatable bonds is 4. The fraction of sp³-hybridized carbons (Fsp3) is 0.0870. The van der Waals surface area contributed by atoms with Crippen LogP contribution in [-0.4, -0.2) is 27.0 Å². The van der Waals surface area contributed by atoms with Crippen molar-refractivity contribution >= 4 is 17.5 Å². The van der Waals surface area contributed by atoms with E-state index in [4.69, 9.17) is 11.6 Å². The van der Waals surface area contributed by atoms with Gasteiger partial charge in [-0.15, -0.1) is 13.2 Å². The Morgan fingerprint density at radius 2 is 1.86 bits per heavy atom. The third-order valence-corrected chi connectivity index (χ3v) is 5.52. The highest BCUT2D eigenvalue weighted by atomic mass is 35.5. The van der Waals surface area contributed by atoms with E-state index >= 15 is 0 Å². The summed E-state index contributed by atoms with van der Waals surface area (Å²) in [4.78, 5) is 16.4. The second-order valence-electron chi connectivity index (χ2n) is 7.52. The molecule has 6 nitrogen and oxygen atoms in total. The van der Waals surface area contributed by atoms with Crippen LogP contribution in [0.25, 0.3) is 28.3 Å². The zero-order valence-corrected chi connectivity index (χ0v) is 18.1. The van der Waals surface area contributed by atoms with Crippen LogP contribution in [0.2, 0.25) is 5.02 Å². The first-order valence-corrected chi connectivity index (χ1v) is 10.4. The number of alkyl halides is 3. The van der Waals surface area contributed by atoms with E-state index in [1.165, 1.54) is 29.1 Å². The zero-order chi connectivity index (χ0) is 24.9. The highest BCUT2D eigenvalue weighted by Crippen LogP contribution is 2.35. The Morgan fingerprint density at radius 1 is 1.06 bits per heavy atom. The fourth-order valence-electron chi connectivity index (χ4n) is 3.79. The van der Waals surface area contributed by atoms with Crippen LogP contribution in [0.1, 0.15) is 15.9 Å². The van der Waals surface area contributed by atoms with Crippen LogP contribution >= 0.6 is 11.6 Å².